The molecular formula is C14H24N4O3S. The molecule has 2 amide bonds. The molecule has 1 aliphatic heterocycles. The summed E-state index contributed by atoms with van der Waals surface area (Å²) in [5, 5.41) is 11.7. The molecule has 8 heteroatoms. The van der Waals surface area contributed by atoms with Crippen molar-refractivity contribution in [1.82, 2.24) is 10.2 Å². The van der Waals surface area contributed by atoms with Crippen LogP contribution >= 0.6 is 11.8 Å². The largest absolute Gasteiger partial charge is 0.444 e. The lowest BCUT2D eigenvalue weighted by Crippen LogP contribution is -2.51. The van der Waals surface area contributed by atoms with Gasteiger partial charge in [-0.15, -0.1) is 11.8 Å². The molecule has 1 rings (SSSR count). The average Bonchev–Trinajstić information content (AvgIpc) is 2.88. The summed E-state index contributed by atoms with van der Waals surface area (Å²) in [6.07, 6.45) is 0.390. The van der Waals surface area contributed by atoms with Gasteiger partial charge in [0.1, 0.15) is 17.7 Å². The standard InChI is InChI=1S/C14H24N4O3S/c1-14(2,3)21-13(20)17-11(5-4-6-15)12(19)18-9-22-8-10(18)7-16/h10-11H,4-6,8-9,15H2,1-3H3,(H,17,20)/t10-,11+/m1/s1. The molecule has 0 bridgehead atoms. The number of hydrogen-bond donors (Lipinski definition) is 2. The van der Waals surface area contributed by atoms with Crippen molar-refractivity contribution in [3.8, 4) is 6.07 Å². The maximum Gasteiger partial charge on any atom is 0.408 e. The Bertz CT molecular complexity index is 444. The molecule has 22 heavy (non-hydrogen) atoms. The summed E-state index contributed by atoms with van der Waals surface area (Å²) in [7, 11) is 0. The molecule has 124 valence electrons. The summed E-state index contributed by atoms with van der Waals surface area (Å²) < 4.78 is 5.19. The Morgan fingerprint density at radius 2 is 2.23 bits per heavy atom. The van der Waals surface area contributed by atoms with Crippen molar-refractivity contribution in [1.29, 1.82) is 5.26 Å². The second-order valence-electron chi connectivity index (χ2n) is 6.08. The Morgan fingerprint density at radius 3 is 2.77 bits per heavy atom. The van der Waals surface area contributed by atoms with Gasteiger partial charge in [0.2, 0.25) is 5.91 Å². The van der Waals surface area contributed by atoms with E-state index in [0.717, 1.165) is 0 Å². The summed E-state index contributed by atoms with van der Waals surface area (Å²) in [6, 6.07) is 0.952. The fraction of sp³-hybridized carbons (Fsp3) is 0.786. The Labute approximate surface area is 135 Å². The van der Waals surface area contributed by atoms with Crippen molar-refractivity contribution in [3.05, 3.63) is 0 Å². The van der Waals surface area contributed by atoms with Crippen LogP contribution in [0.5, 0.6) is 0 Å². The number of rotatable bonds is 5. The molecule has 0 unspecified atom stereocenters. The molecule has 1 heterocycles. The first-order valence-corrected chi connectivity index (χ1v) is 8.41. The topological polar surface area (TPSA) is 108 Å². The Kier molecular flexibility index (Phi) is 6.97. The molecule has 0 aromatic heterocycles. The van der Waals surface area contributed by atoms with E-state index in [1.807, 2.05) is 0 Å². The molecule has 0 radical (unpaired) electrons. The molecule has 0 spiro atoms. The van der Waals surface area contributed by atoms with E-state index in [0.29, 0.717) is 31.0 Å². The molecule has 0 saturated carbocycles. The average molecular weight is 328 g/mol. The molecule has 0 aromatic carbocycles. The van der Waals surface area contributed by atoms with Crippen LogP contribution < -0.4 is 11.1 Å². The summed E-state index contributed by atoms with van der Waals surface area (Å²) in [5.41, 5.74) is 4.86. The van der Waals surface area contributed by atoms with Crippen molar-refractivity contribution in [2.75, 3.05) is 18.2 Å². The van der Waals surface area contributed by atoms with Gasteiger partial charge in [0, 0.05) is 5.75 Å². The van der Waals surface area contributed by atoms with E-state index in [1.165, 1.54) is 16.7 Å². The molecule has 1 aliphatic rings. The quantitative estimate of drug-likeness (QED) is 0.780. The highest BCUT2D eigenvalue weighted by Crippen LogP contribution is 2.22. The lowest BCUT2D eigenvalue weighted by Gasteiger charge is -2.27. The van der Waals surface area contributed by atoms with E-state index in [1.54, 1.807) is 20.8 Å². The molecular weight excluding hydrogens is 304 g/mol. The van der Waals surface area contributed by atoms with Crippen molar-refractivity contribution in [2.45, 2.75) is 51.3 Å². The second kappa shape index (κ2) is 8.25. The molecule has 3 N–H and O–H groups in total. The van der Waals surface area contributed by atoms with E-state index in [4.69, 9.17) is 15.7 Å². The van der Waals surface area contributed by atoms with Gasteiger partial charge in [-0.1, -0.05) is 0 Å². The van der Waals surface area contributed by atoms with E-state index < -0.39 is 23.8 Å². The second-order valence-corrected chi connectivity index (χ2v) is 7.08. The summed E-state index contributed by atoms with van der Waals surface area (Å²) in [6.45, 7) is 5.69. The molecule has 1 saturated heterocycles. The van der Waals surface area contributed by atoms with Crippen molar-refractivity contribution in [3.63, 3.8) is 0 Å². The van der Waals surface area contributed by atoms with Crippen molar-refractivity contribution >= 4 is 23.8 Å². The third-order valence-electron chi connectivity index (χ3n) is 3.00. The monoisotopic (exact) mass is 328 g/mol. The van der Waals surface area contributed by atoms with Crippen LogP contribution in [0.3, 0.4) is 0 Å². The number of amides is 2. The van der Waals surface area contributed by atoms with Gasteiger partial charge >= 0.3 is 6.09 Å². The Morgan fingerprint density at radius 1 is 1.55 bits per heavy atom. The van der Waals surface area contributed by atoms with E-state index in [2.05, 4.69) is 11.4 Å². The molecule has 2 atom stereocenters. The van der Waals surface area contributed by atoms with Gasteiger partial charge in [-0.2, -0.15) is 5.26 Å². The van der Waals surface area contributed by atoms with Gasteiger partial charge in [0.25, 0.3) is 0 Å². The van der Waals surface area contributed by atoms with Crippen LogP contribution in [0.2, 0.25) is 0 Å². The van der Waals surface area contributed by atoms with E-state index in [9.17, 15) is 9.59 Å². The van der Waals surface area contributed by atoms with E-state index >= 15 is 0 Å². The number of carbonyl (C=O) groups is 2. The normalized spacial score (nSPS) is 19.4. The van der Waals surface area contributed by atoms with Gasteiger partial charge in [-0.3, -0.25) is 4.79 Å². The lowest BCUT2D eigenvalue weighted by atomic mass is 10.1. The minimum atomic E-state index is -0.715. The van der Waals surface area contributed by atoms with Gasteiger partial charge < -0.3 is 20.7 Å². The first-order valence-electron chi connectivity index (χ1n) is 7.26. The lowest BCUT2D eigenvalue weighted by molar-refractivity contribution is -0.133. The van der Waals surface area contributed by atoms with Crippen LogP contribution in [0.25, 0.3) is 0 Å². The zero-order chi connectivity index (χ0) is 16.8. The van der Waals surface area contributed by atoms with Gasteiger partial charge in [0.15, 0.2) is 0 Å². The molecule has 0 aliphatic carbocycles. The molecule has 7 nitrogen and oxygen atoms in total. The number of carbonyl (C=O) groups excluding carboxylic acids is 2. The minimum Gasteiger partial charge on any atom is -0.444 e. The van der Waals surface area contributed by atoms with Gasteiger partial charge in [-0.05, 0) is 40.2 Å². The fourth-order valence-electron chi connectivity index (χ4n) is 2.00. The Hall–Kier alpha value is -1.46. The zero-order valence-corrected chi connectivity index (χ0v) is 14.1. The highest BCUT2D eigenvalue weighted by Gasteiger charge is 2.34. The number of nitriles is 1. The number of ether oxygens (including phenoxy) is 1. The maximum atomic E-state index is 12.6. The van der Waals surface area contributed by atoms with Crippen LogP contribution in [0.15, 0.2) is 0 Å². The number of nitrogens with zero attached hydrogens (tertiary/aromatic N) is 2. The predicted octanol–water partition coefficient (Wildman–Crippen LogP) is 1.04. The number of hydrogen-bond acceptors (Lipinski definition) is 6. The highest BCUT2D eigenvalue weighted by molar-refractivity contribution is 7.99. The third kappa shape index (κ3) is 5.73. The third-order valence-corrected chi connectivity index (χ3v) is 4.01. The molecule has 1 fully saturated rings. The fourth-order valence-corrected chi connectivity index (χ4v) is 3.08. The highest BCUT2D eigenvalue weighted by atomic mass is 32.2. The van der Waals surface area contributed by atoms with Crippen LogP contribution in [0.1, 0.15) is 33.6 Å². The number of nitrogens with one attached hydrogen (secondary N) is 1. The van der Waals surface area contributed by atoms with Gasteiger partial charge in [0.05, 0.1) is 11.9 Å². The SMILES string of the molecule is CC(C)(C)OC(=O)N[C@@H](CCCN)C(=O)N1CSC[C@H]1C#N. The van der Waals surface area contributed by atoms with Crippen LogP contribution in [-0.2, 0) is 9.53 Å². The van der Waals surface area contributed by atoms with Crippen LogP contribution in [0.4, 0.5) is 4.79 Å². The summed E-state index contributed by atoms with van der Waals surface area (Å²) in [4.78, 5) is 26.0. The Balaban J connectivity index is 2.73. The summed E-state index contributed by atoms with van der Waals surface area (Å²) in [5.74, 6) is 0.806. The van der Waals surface area contributed by atoms with E-state index in [-0.39, 0.29) is 5.91 Å². The zero-order valence-electron chi connectivity index (χ0n) is 13.3. The first-order chi connectivity index (χ1) is 10.3. The van der Waals surface area contributed by atoms with Crippen molar-refractivity contribution < 1.29 is 14.3 Å². The van der Waals surface area contributed by atoms with Crippen LogP contribution in [-0.4, -0.2) is 52.8 Å². The molecule has 0 aromatic rings. The minimum absolute atomic E-state index is 0.254. The number of thioether (sulfide) groups is 1. The van der Waals surface area contributed by atoms with Gasteiger partial charge in [-0.25, -0.2) is 4.79 Å². The van der Waals surface area contributed by atoms with Crippen molar-refractivity contribution in [2.24, 2.45) is 5.73 Å². The maximum absolute atomic E-state index is 12.6. The summed E-state index contributed by atoms with van der Waals surface area (Å²) >= 11 is 1.53. The predicted molar refractivity (Wildman–Crippen MR) is 85.0 cm³/mol. The number of nitrogens with two attached hydrogens (primary N) is 1. The first kappa shape index (κ1) is 18.6. The van der Waals surface area contributed by atoms with Crippen LogP contribution in [0, 0.1) is 11.3 Å². The number of alkyl carbamates (subject to hydrolysis) is 1. The smallest absolute Gasteiger partial charge is 0.408 e.